The van der Waals surface area contributed by atoms with E-state index >= 15 is 0 Å². The summed E-state index contributed by atoms with van der Waals surface area (Å²) in [6, 6.07) is 1.83. The van der Waals surface area contributed by atoms with Crippen LogP contribution in [0.2, 0.25) is 0 Å². The van der Waals surface area contributed by atoms with Gasteiger partial charge in [0.15, 0.2) is 0 Å². The lowest BCUT2D eigenvalue weighted by Crippen LogP contribution is -2.01. The summed E-state index contributed by atoms with van der Waals surface area (Å²) in [6.07, 6.45) is 3.46. The lowest BCUT2D eigenvalue weighted by Gasteiger charge is -1.60. The average Bonchev–Trinajstić information content (AvgIpc) is 2.11. The molecule has 1 amide bonds. The average molecular weight is 127 g/mol. The van der Waals surface area contributed by atoms with E-state index in [2.05, 4.69) is 15.9 Å². The van der Waals surface area contributed by atoms with Crippen molar-refractivity contribution in [2.24, 2.45) is 5.73 Å². The van der Waals surface area contributed by atoms with Gasteiger partial charge in [-0.15, -0.1) is 0 Å². The van der Waals surface area contributed by atoms with Gasteiger partial charge in [0.2, 0.25) is 5.91 Å². The number of primary amides is 1. The molecule has 0 saturated carbocycles. The van der Waals surface area contributed by atoms with E-state index in [4.69, 9.17) is 0 Å². The molecule has 0 aliphatic heterocycles. The lowest BCUT2D eigenvalue weighted by molar-refractivity contribution is -0.115. The molecule has 0 fully saturated rings. The summed E-state index contributed by atoms with van der Waals surface area (Å²) in [4.78, 5) is 9.22. The first-order chi connectivity index (χ1) is 4.23. The molecule has 4 nitrogen and oxygen atoms in total. The summed E-state index contributed by atoms with van der Waals surface area (Å²) in [6.45, 7) is 1.31. The number of hydrogen-bond acceptors (Lipinski definition) is 2. The van der Waals surface area contributed by atoms with Crippen molar-refractivity contribution in [3.8, 4) is 0 Å². The predicted molar refractivity (Wildman–Crippen MR) is 33.5 cm³/mol. The SMILES string of the molecule is CC(N)=O.c1cn[nH]c1. The molecule has 0 unspecified atom stereocenters. The van der Waals surface area contributed by atoms with Gasteiger partial charge in [-0.3, -0.25) is 9.89 Å². The molecule has 0 aliphatic rings. The number of carbonyl (C=O) groups is 1. The van der Waals surface area contributed by atoms with Gasteiger partial charge in [0.1, 0.15) is 0 Å². The van der Waals surface area contributed by atoms with E-state index in [9.17, 15) is 4.79 Å². The van der Waals surface area contributed by atoms with Crippen molar-refractivity contribution < 1.29 is 4.79 Å². The number of nitrogens with one attached hydrogen (secondary N) is 1. The maximum Gasteiger partial charge on any atom is 0.214 e. The van der Waals surface area contributed by atoms with Crippen LogP contribution in [0, 0.1) is 0 Å². The Morgan fingerprint density at radius 3 is 2.44 bits per heavy atom. The van der Waals surface area contributed by atoms with Crippen molar-refractivity contribution in [2.75, 3.05) is 0 Å². The summed E-state index contributed by atoms with van der Waals surface area (Å²) < 4.78 is 0. The van der Waals surface area contributed by atoms with Crippen LogP contribution in [0.1, 0.15) is 6.92 Å². The molecule has 0 spiro atoms. The Kier molecular flexibility index (Phi) is 4.12. The Morgan fingerprint density at radius 2 is 2.33 bits per heavy atom. The highest BCUT2D eigenvalue weighted by molar-refractivity contribution is 5.70. The van der Waals surface area contributed by atoms with Gasteiger partial charge in [-0.2, -0.15) is 5.10 Å². The number of hydrogen-bond donors (Lipinski definition) is 2. The van der Waals surface area contributed by atoms with Crippen LogP contribution in [0.15, 0.2) is 18.5 Å². The normalized spacial score (nSPS) is 7.22. The molecule has 1 aromatic heterocycles. The lowest BCUT2D eigenvalue weighted by atomic mass is 10.8. The molecular formula is C5H9N3O. The third kappa shape index (κ3) is 10.8. The van der Waals surface area contributed by atoms with Gasteiger partial charge >= 0.3 is 0 Å². The fourth-order valence-electron chi connectivity index (χ4n) is 0.215. The highest BCUT2D eigenvalue weighted by atomic mass is 16.1. The molecule has 9 heavy (non-hydrogen) atoms. The van der Waals surface area contributed by atoms with Gasteiger partial charge in [-0.1, -0.05) is 0 Å². The van der Waals surface area contributed by atoms with Gasteiger partial charge in [-0.25, -0.2) is 0 Å². The fourth-order valence-corrected chi connectivity index (χ4v) is 0.215. The van der Waals surface area contributed by atoms with E-state index in [1.54, 1.807) is 12.4 Å². The zero-order valence-electron chi connectivity index (χ0n) is 5.16. The highest BCUT2D eigenvalue weighted by Crippen LogP contribution is 1.64. The summed E-state index contributed by atoms with van der Waals surface area (Å²) in [7, 11) is 0. The maximum atomic E-state index is 9.22. The first-order valence-corrected chi connectivity index (χ1v) is 2.43. The van der Waals surface area contributed by atoms with Gasteiger partial charge < -0.3 is 5.73 Å². The van der Waals surface area contributed by atoms with Crippen LogP contribution in [0.25, 0.3) is 0 Å². The third-order valence-corrected chi connectivity index (χ3v) is 0.406. The Labute approximate surface area is 53.1 Å². The van der Waals surface area contributed by atoms with Crippen LogP contribution in [0.5, 0.6) is 0 Å². The molecule has 0 saturated heterocycles. The van der Waals surface area contributed by atoms with Crippen LogP contribution in [-0.4, -0.2) is 16.1 Å². The number of aromatic amines is 1. The standard InChI is InChI=1S/C3H4N2.C2H5NO/c1-2-4-5-3-1;1-2(3)4/h1-3H,(H,4,5);1H3,(H2,3,4). The summed E-state index contributed by atoms with van der Waals surface area (Å²) in [5, 5.41) is 6.21. The van der Waals surface area contributed by atoms with Crippen LogP contribution < -0.4 is 5.73 Å². The van der Waals surface area contributed by atoms with Gasteiger partial charge in [0, 0.05) is 19.3 Å². The van der Waals surface area contributed by atoms with Gasteiger partial charge in [0.05, 0.1) is 0 Å². The number of rotatable bonds is 0. The molecule has 4 heteroatoms. The number of amides is 1. The number of nitrogens with zero attached hydrogens (tertiary/aromatic N) is 1. The van der Waals surface area contributed by atoms with E-state index in [1.807, 2.05) is 6.07 Å². The number of aromatic nitrogens is 2. The molecule has 50 valence electrons. The zero-order valence-corrected chi connectivity index (χ0v) is 5.16. The van der Waals surface area contributed by atoms with Crippen molar-refractivity contribution in [3.05, 3.63) is 18.5 Å². The topological polar surface area (TPSA) is 71.8 Å². The van der Waals surface area contributed by atoms with Crippen LogP contribution >= 0.6 is 0 Å². The van der Waals surface area contributed by atoms with Crippen LogP contribution in [0.3, 0.4) is 0 Å². The fraction of sp³-hybridized carbons (Fsp3) is 0.200. The second kappa shape index (κ2) is 4.83. The Hall–Kier alpha value is -1.32. The highest BCUT2D eigenvalue weighted by Gasteiger charge is 1.61. The Balaban J connectivity index is 0.000000148. The van der Waals surface area contributed by atoms with E-state index < -0.39 is 0 Å². The molecule has 0 aromatic carbocycles. The summed E-state index contributed by atoms with van der Waals surface area (Å²) in [5.74, 6) is -0.333. The zero-order chi connectivity index (χ0) is 7.11. The Bertz CT molecular complexity index is 126. The third-order valence-electron chi connectivity index (χ3n) is 0.406. The van der Waals surface area contributed by atoms with Crippen molar-refractivity contribution in [1.82, 2.24) is 10.2 Å². The minimum Gasteiger partial charge on any atom is -0.370 e. The molecule has 0 bridgehead atoms. The molecule has 1 heterocycles. The van der Waals surface area contributed by atoms with Crippen LogP contribution in [-0.2, 0) is 4.79 Å². The number of nitrogens with two attached hydrogens (primary N) is 1. The quantitative estimate of drug-likeness (QED) is 0.511. The molecular weight excluding hydrogens is 118 g/mol. The maximum absolute atomic E-state index is 9.22. The molecule has 0 atom stereocenters. The Morgan fingerprint density at radius 1 is 1.78 bits per heavy atom. The smallest absolute Gasteiger partial charge is 0.214 e. The number of carbonyl (C=O) groups excluding carboxylic acids is 1. The van der Waals surface area contributed by atoms with E-state index in [0.717, 1.165) is 0 Å². The molecule has 0 radical (unpaired) electrons. The molecule has 1 aromatic rings. The minimum absolute atomic E-state index is 0.333. The van der Waals surface area contributed by atoms with Gasteiger partial charge in [-0.05, 0) is 6.07 Å². The van der Waals surface area contributed by atoms with E-state index in [0.29, 0.717) is 0 Å². The molecule has 1 rings (SSSR count). The number of H-pyrrole nitrogens is 1. The predicted octanol–water partition coefficient (Wildman–Crippen LogP) is -0.0987. The van der Waals surface area contributed by atoms with Crippen molar-refractivity contribution >= 4 is 5.91 Å². The summed E-state index contributed by atoms with van der Waals surface area (Å²) in [5.41, 5.74) is 4.47. The molecule has 0 aliphatic carbocycles. The summed E-state index contributed by atoms with van der Waals surface area (Å²) >= 11 is 0. The first-order valence-electron chi connectivity index (χ1n) is 2.43. The van der Waals surface area contributed by atoms with E-state index in [-0.39, 0.29) is 5.91 Å². The second-order valence-electron chi connectivity index (χ2n) is 1.38. The van der Waals surface area contributed by atoms with E-state index in [1.165, 1.54) is 6.92 Å². The van der Waals surface area contributed by atoms with Crippen molar-refractivity contribution in [2.45, 2.75) is 6.92 Å². The monoisotopic (exact) mass is 127 g/mol. The van der Waals surface area contributed by atoms with Gasteiger partial charge in [0.25, 0.3) is 0 Å². The largest absolute Gasteiger partial charge is 0.370 e. The molecule has 3 N–H and O–H groups in total. The van der Waals surface area contributed by atoms with Crippen molar-refractivity contribution in [3.63, 3.8) is 0 Å². The van der Waals surface area contributed by atoms with Crippen LogP contribution in [0.4, 0.5) is 0 Å². The second-order valence-corrected chi connectivity index (χ2v) is 1.38. The van der Waals surface area contributed by atoms with Crippen molar-refractivity contribution in [1.29, 1.82) is 0 Å². The minimum atomic E-state index is -0.333. The first kappa shape index (κ1) is 7.68.